The van der Waals surface area contributed by atoms with Gasteiger partial charge >= 0.3 is 5.97 Å². The quantitative estimate of drug-likeness (QED) is 0.0212. The number of nitrogens with zero attached hydrogens (tertiary/aromatic N) is 1. The fourth-order valence-corrected chi connectivity index (χ4v) is 10.5. The number of amides is 1. The van der Waals surface area contributed by atoms with Crippen LogP contribution in [0.5, 0.6) is 0 Å². The van der Waals surface area contributed by atoms with E-state index >= 15 is 0 Å². The van der Waals surface area contributed by atoms with E-state index in [-0.39, 0.29) is 24.9 Å². The molecule has 1 amide bonds. The molecule has 3 atom stereocenters. The molecule has 0 aromatic heterocycles. The van der Waals surface area contributed by atoms with Crippen molar-refractivity contribution >= 4 is 19.7 Å². The zero-order valence-electron chi connectivity index (χ0n) is 54.0. The number of carbonyl (C=O) groups is 2. The lowest BCUT2D eigenvalue weighted by Crippen LogP contribution is -2.47. The number of unbranched alkanes of at least 4 members (excludes halogenated alkanes) is 36. The lowest BCUT2D eigenvalue weighted by molar-refractivity contribution is -0.870. The third-order valence-corrected chi connectivity index (χ3v) is 16.1. The Kier molecular flexibility index (Phi) is 58.7. The number of carbonyl (C=O) groups excluding carboxylic acids is 2. The predicted octanol–water partition coefficient (Wildman–Crippen LogP) is 20.9. The van der Waals surface area contributed by atoms with Gasteiger partial charge in [0, 0.05) is 12.8 Å². The minimum Gasteiger partial charge on any atom is -0.756 e. The molecule has 0 aliphatic heterocycles. The first-order chi connectivity index (χ1) is 39.4. The zero-order valence-corrected chi connectivity index (χ0v) is 54.9. The topological polar surface area (TPSA) is 114 Å². The molecule has 0 rings (SSSR count). The van der Waals surface area contributed by atoms with Crippen molar-refractivity contribution in [2.45, 2.75) is 328 Å². The van der Waals surface area contributed by atoms with Crippen LogP contribution in [0.4, 0.5) is 0 Å². The van der Waals surface area contributed by atoms with E-state index in [1.165, 1.54) is 193 Å². The maximum atomic E-state index is 13.6. The number of rotatable bonds is 62. The fraction of sp³-hybridized carbons (Fsp3) is 0.803. The van der Waals surface area contributed by atoms with Crippen molar-refractivity contribution in [2.75, 3.05) is 40.9 Å². The van der Waals surface area contributed by atoms with Crippen molar-refractivity contribution in [3.63, 3.8) is 0 Å². The number of quaternary nitrogens is 1. The number of hydrogen-bond acceptors (Lipinski definition) is 7. The van der Waals surface area contributed by atoms with Crippen LogP contribution in [0.15, 0.2) is 72.9 Å². The average molecular weight is 1160 g/mol. The van der Waals surface area contributed by atoms with Gasteiger partial charge in [0.1, 0.15) is 19.3 Å². The monoisotopic (exact) mass is 1150 g/mol. The summed E-state index contributed by atoms with van der Waals surface area (Å²) < 4.78 is 30.4. The first kappa shape index (κ1) is 78.5. The van der Waals surface area contributed by atoms with Crippen molar-refractivity contribution in [2.24, 2.45) is 0 Å². The van der Waals surface area contributed by atoms with E-state index in [0.717, 1.165) is 83.5 Å². The molecule has 0 radical (unpaired) electrons. The van der Waals surface area contributed by atoms with E-state index in [2.05, 4.69) is 86.8 Å². The van der Waals surface area contributed by atoms with Gasteiger partial charge < -0.3 is 28.5 Å². The van der Waals surface area contributed by atoms with Crippen molar-refractivity contribution < 1.29 is 37.3 Å². The second-order valence-electron chi connectivity index (χ2n) is 24.3. The van der Waals surface area contributed by atoms with Gasteiger partial charge in [-0.2, -0.15) is 0 Å². The molecule has 10 heteroatoms. The molecule has 0 heterocycles. The van der Waals surface area contributed by atoms with Gasteiger partial charge in [0.05, 0.1) is 33.8 Å². The molecule has 0 saturated carbocycles. The molecule has 0 bridgehead atoms. The van der Waals surface area contributed by atoms with E-state index < -0.39 is 26.6 Å². The molecule has 0 aromatic rings. The Balaban J connectivity index is 5.02. The number of nitrogens with one attached hydrogen (secondary N) is 1. The molecular weight excluding hydrogens is 1020 g/mol. The second-order valence-corrected chi connectivity index (χ2v) is 25.7. The van der Waals surface area contributed by atoms with E-state index in [1.807, 2.05) is 33.3 Å². The minimum absolute atomic E-state index is 0.0271. The molecule has 1 N–H and O–H groups in total. The summed E-state index contributed by atoms with van der Waals surface area (Å²) in [6.45, 7) is 6.79. The maximum absolute atomic E-state index is 13.6. The lowest BCUT2D eigenvalue weighted by Gasteiger charge is -2.30. The summed E-state index contributed by atoms with van der Waals surface area (Å²) in [7, 11) is 1.17. The minimum atomic E-state index is -4.71. The molecule has 0 aliphatic rings. The van der Waals surface area contributed by atoms with Gasteiger partial charge in [0.15, 0.2) is 0 Å². The molecule has 9 nitrogen and oxygen atoms in total. The summed E-state index contributed by atoms with van der Waals surface area (Å²) in [4.78, 5) is 40.1. The number of allylic oxidation sites excluding steroid dienone is 11. The van der Waals surface area contributed by atoms with Gasteiger partial charge in [0.2, 0.25) is 5.91 Å². The number of esters is 1. The standard InChI is InChI=1S/C71H131N2O7P/c1-7-10-13-16-19-22-25-27-29-31-32-33-34-35-36-37-38-39-40-42-43-45-48-51-54-57-60-63-70(74)72-68(67-79-81(76,77)78-66-65-73(4,5)6)69(62-59-56-53-50-47-24-21-18-15-12-9-3)80-71(75)64-61-58-55-52-49-46-44-41-30-28-26-23-20-17-14-11-8-2/h19-20,22-23,27-30,44,46,59,62,68-69H,7-18,21,24-26,31-43,45,47-58,60-61,63-67H2,1-6H3,(H-,72,74,76,77)/b22-19-,23-20-,29-27-,30-28-,46-44-,62-59-. The maximum Gasteiger partial charge on any atom is 0.306 e. The molecule has 0 aromatic carbocycles. The van der Waals surface area contributed by atoms with Crippen LogP contribution in [0.3, 0.4) is 0 Å². The van der Waals surface area contributed by atoms with Gasteiger partial charge in [-0.1, -0.05) is 274 Å². The number of phosphoric ester groups is 1. The van der Waals surface area contributed by atoms with Gasteiger partial charge in [0.25, 0.3) is 7.82 Å². The largest absolute Gasteiger partial charge is 0.756 e. The van der Waals surface area contributed by atoms with E-state index in [4.69, 9.17) is 13.8 Å². The Morgan fingerprint density at radius 3 is 1.15 bits per heavy atom. The highest BCUT2D eigenvalue weighted by atomic mass is 31.2. The van der Waals surface area contributed by atoms with Crippen LogP contribution < -0.4 is 10.2 Å². The second kappa shape index (κ2) is 60.6. The van der Waals surface area contributed by atoms with Crippen LogP contribution in [0, 0.1) is 0 Å². The highest BCUT2D eigenvalue weighted by molar-refractivity contribution is 7.45. The van der Waals surface area contributed by atoms with Crippen molar-refractivity contribution in [1.29, 1.82) is 0 Å². The zero-order chi connectivity index (χ0) is 59.3. The van der Waals surface area contributed by atoms with Crippen LogP contribution >= 0.6 is 7.82 Å². The molecular formula is C71H131N2O7P. The third-order valence-electron chi connectivity index (χ3n) is 15.1. The lowest BCUT2D eigenvalue weighted by atomic mass is 10.0. The third kappa shape index (κ3) is 61.8. The summed E-state index contributed by atoms with van der Waals surface area (Å²) >= 11 is 0. The number of phosphoric acid groups is 1. The van der Waals surface area contributed by atoms with Gasteiger partial charge in [-0.3, -0.25) is 14.2 Å². The Morgan fingerprint density at radius 2 is 0.753 bits per heavy atom. The first-order valence-corrected chi connectivity index (χ1v) is 35.7. The van der Waals surface area contributed by atoms with Gasteiger partial charge in [-0.05, 0) is 102 Å². The average Bonchev–Trinajstić information content (AvgIpc) is 3.43. The molecule has 0 aliphatic carbocycles. The van der Waals surface area contributed by atoms with Crippen LogP contribution in [0.1, 0.15) is 316 Å². The summed E-state index contributed by atoms with van der Waals surface area (Å²) in [5, 5.41) is 3.03. The molecule has 0 fully saturated rings. The van der Waals surface area contributed by atoms with Crippen LogP contribution in [0.2, 0.25) is 0 Å². The number of likely N-dealkylation sites (N-methyl/N-ethyl adjacent to an activating group) is 1. The van der Waals surface area contributed by atoms with Crippen LogP contribution in [0.25, 0.3) is 0 Å². The van der Waals surface area contributed by atoms with Crippen molar-refractivity contribution in [1.82, 2.24) is 5.32 Å². The normalized spacial score (nSPS) is 14.0. The Morgan fingerprint density at radius 1 is 0.432 bits per heavy atom. The smallest absolute Gasteiger partial charge is 0.306 e. The van der Waals surface area contributed by atoms with Crippen molar-refractivity contribution in [3.8, 4) is 0 Å². The first-order valence-electron chi connectivity index (χ1n) is 34.2. The SMILES string of the molecule is CCCCC/C=C\C/C=C\C/C=C\CCCCCCC(=O)OC(/C=C\CCCCCCCCCCC)C(COP(=O)([O-])OCC[N+](C)(C)C)NC(=O)CCCCCCCCCCCCCCCCCCC/C=C\C/C=C\CCCCC. The van der Waals surface area contributed by atoms with Crippen molar-refractivity contribution in [3.05, 3.63) is 72.9 Å². The van der Waals surface area contributed by atoms with E-state index in [0.29, 0.717) is 23.9 Å². The number of hydrogen-bond donors (Lipinski definition) is 1. The Labute approximate surface area is 502 Å². The van der Waals surface area contributed by atoms with Gasteiger partial charge in [-0.25, -0.2) is 0 Å². The fourth-order valence-electron chi connectivity index (χ4n) is 9.80. The Hall–Kier alpha value is -2.55. The summed E-state index contributed by atoms with van der Waals surface area (Å²) in [5.74, 6) is -0.559. The summed E-state index contributed by atoms with van der Waals surface area (Å²) in [6, 6.07) is -0.899. The Bertz CT molecular complexity index is 1620. The van der Waals surface area contributed by atoms with Gasteiger partial charge in [-0.15, -0.1) is 0 Å². The highest BCUT2D eigenvalue weighted by Gasteiger charge is 2.27. The summed E-state index contributed by atoms with van der Waals surface area (Å²) in [6.07, 6.45) is 78.8. The predicted molar refractivity (Wildman–Crippen MR) is 348 cm³/mol. The van der Waals surface area contributed by atoms with Crippen LogP contribution in [-0.2, 0) is 27.9 Å². The van der Waals surface area contributed by atoms with E-state index in [9.17, 15) is 19.0 Å². The molecule has 81 heavy (non-hydrogen) atoms. The van der Waals surface area contributed by atoms with E-state index in [1.54, 1.807) is 0 Å². The molecule has 3 unspecified atom stereocenters. The molecule has 472 valence electrons. The highest BCUT2D eigenvalue weighted by Crippen LogP contribution is 2.38. The molecule has 0 spiro atoms. The summed E-state index contributed by atoms with van der Waals surface area (Å²) in [5.41, 5.74) is 0. The number of ether oxygens (including phenoxy) is 1. The van der Waals surface area contributed by atoms with Crippen LogP contribution in [-0.4, -0.2) is 69.4 Å². The molecule has 0 saturated heterocycles.